The van der Waals surface area contributed by atoms with Crippen molar-refractivity contribution in [1.29, 1.82) is 0 Å². The van der Waals surface area contributed by atoms with Gasteiger partial charge in [0, 0.05) is 9.79 Å². The number of carboxylic acids is 2. The van der Waals surface area contributed by atoms with Crippen molar-refractivity contribution in [1.82, 2.24) is 0 Å². The quantitative estimate of drug-likeness (QED) is 0.713. The zero-order valence-corrected chi connectivity index (χ0v) is 14.4. The molecule has 0 radical (unpaired) electrons. The summed E-state index contributed by atoms with van der Waals surface area (Å²) in [5, 5.41) is 18.5. The van der Waals surface area contributed by atoms with Gasteiger partial charge in [-0.25, -0.2) is 9.59 Å². The first kappa shape index (κ1) is 18.0. The fraction of sp³-hybridized carbons (Fsp3) is 0.125. The number of benzene rings is 2. The molecule has 2 rings (SSSR count). The van der Waals surface area contributed by atoms with Crippen molar-refractivity contribution in [2.24, 2.45) is 0 Å². The Labute approximate surface area is 146 Å². The van der Waals surface area contributed by atoms with Gasteiger partial charge in [0.1, 0.15) is 11.5 Å². The first-order chi connectivity index (χ1) is 11.5. The largest absolute Gasteiger partial charge is 0.497 e. The van der Waals surface area contributed by atoms with Crippen molar-refractivity contribution < 1.29 is 29.3 Å². The number of methoxy groups -OCH3 is 2. The number of ether oxygens (including phenoxy) is 2. The van der Waals surface area contributed by atoms with Crippen molar-refractivity contribution in [3.05, 3.63) is 47.5 Å². The minimum Gasteiger partial charge on any atom is -0.497 e. The van der Waals surface area contributed by atoms with Gasteiger partial charge in [0.25, 0.3) is 0 Å². The lowest BCUT2D eigenvalue weighted by atomic mass is 10.2. The monoisotopic (exact) mass is 366 g/mol. The van der Waals surface area contributed by atoms with Gasteiger partial charge in [0.15, 0.2) is 0 Å². The molecule has 6 nitrogen and oxygen atoms in total. The van der Waals surface area contributed by atoms with Crippen LogP contribution in [0.15, 0.2) is 46.2 Å². The maximum absolute atomic E-state index is 11.3. The molecule has 0 aliphatic rings. The second-order valence-electron chi connectivity index (χ2n) is 4.50. The fourth-order valence-corrected chi connectivity index (χ4v) is 4.20. The summed E-state index contributed by atoms with van der Waals surface area (Å²) < 4.78 is 10.2. The second kappa shape index (κ2) is 7.98. The minimum atomic E-state index is -1.06. The molecule has 0 saturated heterocycles. The van der Waals surface area contributed by atoms with Gasteiger partial charge in [0.2, 0.25) is 0 Å². The zero-order valence-electron chi connectivity index (χ0n) is 12.8. The van der Waals surface area contributed by atoms with Crippen LogP contribution in [-0.4, -0.2) is 36.4 Å². The SMILES string of the molecule is COc1ccc(C(=O)O)c(SSc2cc(OC)ccc2C(=O)O)c1. The number of rotatable bonds is 7. The maximum Gasteiger partial charge on any atom is 0.336 e. The Kier molecular flexibility index (Phi) is 5.99. The number of hydrogen-bond acceptors (Lipinski definition) is 6. The van der Waals surface area contributed by atoms with E-state index in [0.29, 0.717) is 21.3 Å². The fourth-order valence-electron chi connectivity index (χ4n) is 1.84. The molecule has 0 aliphatic heterocycles. The van der Waals surface area contributed by atoms with E-state index in [1.165, 1.54) is 26.4 Å². The predicted octanol–water partition coefficient (Wildman–Crippen LogP) is 3.90. The molecule has 0 unspecified atom stereocenters. The van der Waals surface area contributed by atoms with Crippen molar-refractivity contribution in [2.75, 3.05) is 14.2 Å². The summed E-state index contributed by atoms with van der Waals surface area (Å²) in [6.45, 7) is 0. The third-order valence-electron chi connectivity index (χ3n) is 3.06. The summed E-state index contributed by atoms with van der Waals surface area (Å²) in [6, 6.07) is 9.23. The summed E-state index contributed by atoms with van der Waals surface area (Å²) >= 11 is 0. The van der Waals surface area contributed by atoms with Crippen LogP contribution in [0.5, 0.6) is 11.5 Å². The van der Waals surface area contributed by atoms with Crippen LogP contribution in [0, 0.1) is 0 Å². The molecule has 0 aromatic heterocycles. The van der Waals surface area contributed by atoms with Crippen LogP contribution in [0.1, 0.15) is 20.7 Å². The average Bonchev–Trinajstić information content (AvgIpc) is 2.58. The lowest BCUT2D eigenvalue weighted by molar-refractivity contribution is 0.0682. The number of carboxylic acid groups (broad SMARTS) is 2. The molecule has 0 fully saturated rings. The van der Waals surface area contributed by atoms with Crippen LogP contribution in [0.4, 0.5) is 0 Å². The number of carbonyl (C=O) groups is 2. The zero-order chi connectivity index (χ0) is 17.7. The molecule has 2 N–H and O–H groups in total. The van der Waals surface area contributed by atoms with E-state index in [4.69, 9.17) is 9.47 Å². The summed E-state index contributed by atoms with van der Waals surface area (Å²) in [5.74, 6) is -1.09. The Morgan fingerprint density at radius 2 is 1.17 bits per heavy atom. The minimum absolute atomic E-state index is 0.119. The highest BCUT2D eigenvalue weighted by molar-refractivity contribution is 8.76. The van der Waals surface area contributed by atoms with Gasteiger partial charge in [-0.3, -0.25) is 0 Å². The van der Waals surface area contributed by atoms with Gasteiger partial charge < -0.3 is 19.7 Å². The maximum atomic E-state index is 11.3. The van der Waals surface area contributed by atoms with Gasteiger partial charge >= 0.3 is 11.9 Å². The van der Waals surface area contributed by atoms with E-state index < -0.39 is 11.9 Å². The molecule has 0 spiro atoms. The topological polar surface area (TPSA) is 93.1 Å². The van der Waals surface area contributed by atoms with Gasteiger partial charge in [-0.1, -0.05) is 21.6 Å². The van der Waals surface area contributed by atoms with E-state index in [9.17, 15) is 19.8 Å². The van der Waals surface area contributed by atoms with Crippen molar-refractivity contribution in [2.45, 2.75) is 9.79 Å². The van der Waals surface area contributed by atoms with Gasteiger partial charge in [0.05, 0.1) is 25.3 Å². The molecule has 24 heavy (non-hydrogen) atoms. The van der Waals surface area contributed by atoms with Crippen LogP contribution >= 0.6 is 21.6 Å². The summed E-state index contributed by atoms with van der Waals surface area (Å²) in [4.78, 5) is 23.6. The van der Waals surface area contributed by atoms with E-state index in [1.54, 1.807) is 24.3 Å². The molecule has 0 amide bonds. The molecule has 0 saturated carbocycles. The van der Waals surface area contributed by atoms with E-state index in [0.717, 1.165) is 21.6 Å². The van der Waals surface area contributed by atoms with Gasteiger partial charge in [-0.05, 0) is 36.4 Å². The number of aromatic carboxylic acids is 2. The lowest BCUT2D eigenvalue weighted by Crippen LogP contribution is -2.00. The Bertz CT molecular complexity index is 710. The van der Waals surface area contributed by atoms with Crippen LogP contribution < -0.4 is 9.47 Å². The van der Waals surface area contributed by atoms with Crippen LogP contribution in [0.2, 0.25) is 0 Å². The third kappa shape index (κ3) is 4.15. The van der Waals surface area contributed by atoms with Gasteiger partial charge in [-0.2, -0.15) is 0 Å². The van der Waals surface area contributed by atoms with Gasteiger partial charge in [-0.15, -0.1) is 0 Å². The summed E-state index contributed by atoms with van der Waals surface area (Å²) in [5.41, 5.74) is 0.237. The van der Waals surface area contributed by atoms with Crippen LogP contribution in [0.3, 0.4) is 0 Å². The highest BCUT2D eigenvalue weighted by Gasteiger charge is 2.16. The standard InChI is InChI=1S/C16H14O6S2/c1-21-9-3-5-11(15(17)18)13(7-9)23-24-14-8-10(22-2)4-6-12(14)16(19)20/h3-8H,1-2H3,(H,17,18)(H,19,20). The lowest BCUT2D eigenvalue weighted by Gasteiger charge is -2.10. The molecule has 0 aliphatic carbocycles. The van der Waals surface area contributed by atoms with Crippen molar-refractivity contribution >= 4 is 33.5 Å². The Hall–Kier alpha value is -2.32. The first-order valence-corrected chi connectivity index (χ1v) is 8.78. The Balaban J connectivity index is 2.33. The van der Waals surface area contributed by atoms with E-state index in [1.807, 2.05) is 0 Å². The highest BCUT2D eigenvalue weighted by atomic mass is 33.1. The molecular weight excluding hydrogens is 352 g/mol. The molecular formula is C16H14O6S2. The molecule has 0 bridgehead atoms. The van der Waals surface area contributed by atoms with E-state index >= 15 is 0 Å². The summed E-state index contributed by atoms with van der Waals surface area (Å²) in [7, 11) is 5.27. The van der Waals surface area contributed by atoms with Crippen LogP contribution in [-0.2, 0) is 0 Å². The smallest absolute Gasteiger partial charge is 0.336 e. The van der Waals surface area contributed by atoms with Crippen molar-refractivity contribution in [3.8, 4) is 11.5 Å². The predicted molar refractivity (Wildman–Crippen MR) is 91.6 cm³/mol. The third-order valence-corrected chi connectivity index (χ3v) is 5.50. The molecule has 0 heterocycles. The number of hydrogen-bond donors (Lipinski definition) is 2. The molecule has 2 aromatic rings. The Morgan fingerprint density at radius 1 is 0.792 bits per heavy atom. The van der Waals surface area contributed by atoms with Crippen LogP contribution in [0.25, 0.3) is 0 Å². The Morgan fingerprint density at radius 3 is 1.46 bits per heavy atom. The normalized spacial score (nSPS) is 10.2. The van der Waals surface area contributed by atoms with Crippen molar-refractivity contribution in [3.63, 3.8) is 0 Å². The highest BCUT2D eigenvalue weighted by Crippen LogP contribution is 2.42. The molecule has 126 valence electrons. The van der Waals surface area contributed by atoms with E-state index in [-0.39, 0.29) is 11.1 Å². The second-order valence-corrected chi connectivity index (χ2v) is 6.71. The first-order valence-electron chi connectivity index (χ1n) is 6.63. The summed E-state index contributed by atoms with van der Waals surface area (Å²) in [6.07, 6.45) is 0. The molecule has 2 aromatic carbocycles. The van der Waals surface area contributed by atoms with E-state index in [2.05, 4.69) is 0 Å². The molecule has 8 heteroatoms. The molecule has 0 atom stereocenters. The average molecular weight is 366 g/mol.